The van der Waals surface area contributed by atoms with Crippen LogP contribution in [0.2, 0.25) is 5.02 Å². The zero-order chi connectivity index (χ0) is 24.0. The number of amides is 2. The van der Waals surface area contributed by atoms with Crippen molar-refractivity contribution in [2.45, 2.75) is 30.6 Å². The summed E-state index contributed by atoms with van der Waals surface area (Å²) in [6, 6.07) is 10.9. The number of nitrogens with one attached hydrogen (secondary N) is 3. The topological polar surface area (TPSA) is 148 Å². The molecule has 10 nitrogen and oxygen atoms in total. The van der Waals surface area contributed by atoms with Crippen LogP contribution in [-0.2, 0) is 14.8 Å². The van der Waals surface area contributed by atoms with E-state index < -0.39 is 20.9 Å². The van der Waals surface area contributed by atoms with E-state index in [1.807, 2.05) is 0 Å². The first-order chi connectivity index (χ1) is 15.7. The molecule has 0 aliphatic heterocycles. The Morgan fingerprint density at radius 2 is 1.58 bits per heavy atom. The third-order valence-electron chi connectivity index (χ3n) is 5.54. The van der Waals surface area contributed by atoms with E-state index >= 15 is 0 Å². The number of hydrogen-bond acceptors (Lipinski definition) is 6. The summed E-state index contributed by atoms with van der Waals surface area (Å²) in [5, 5.41) is 11.2. The number of hydrazine groups is 1. The van der Waals surface area contributed by atoms with Gasteiger partial charge in [0, 0.05) is 35.2 Å². The molecule has 0 bridgehead atoms. The maximum Gasteiger partial charge on any atom is 0.269 e. The zero-order valence-electron chi connectivity index (χ0n) is 17.5. The lowest BCUT2D eigenvalue weighted by Crippen LogP contribution is -2.45. The summed E-state index contributed by atoms with van der Waals surface area (Å²) in [5.41, 5.74) is 5.00. The van der Waals surface area contributed by atoms with Crippen LogP contribution >= 0.6 is 11.6 Å². The van der Waals surface area contributed by atoms with Gasteiger partial charge in [0.2, 0.25) is 15.9 Å². The van der Waals surface area contributed by atoms with Gasteiger partial charge in [0.1, 0.15) is 0 Å². The van der Waals surface area contributed by atoms with Crippen LogP contribution in [0.25, 0.3) is 0 Å². The molecule has 0 atom stereocenters. The minimum atomic E-state index is -3.79. The number of halogens is 1. The Morgan fingerprint density at radius 3 is 2.15 bits per heavy atom. The molecule has 0 aromatic heterocycles. The van der Waals surface area contributed by atoms with Crippen LogP contribution in [-0.4, -0.2) is 31.7 Å². The van der Waals surface area contributed by atoms with Crippen molar-refractivity contribution < 1.29 is 22.9 Å². The first-order valence-electron chi connectivity index (χ1n) is 10.3. The van der Waals surface area contributed by atoms with Gasteiger partial charge in [0.25, 0.3) is 11.6 Å². The monoisotopic (exact) mass is 494 g/mol. The molecule has 3 rings (SSSR count). The van der Waals surface area contributed by atoms with Crippen LogP contribution < -0.4 is 15.6 Å². The van der Waals surface area contributed by atoms with Gasteiger partial charge in [-0.1, -0.05) is 11.6 Å². The largest absolute Gasteiger partial charge is 0.273 e. The Kier molecular flexibility index (Phi) is 8.01. The first kappa shape index (κ1) is 24.6. The van der Waals surface area contributed by atoms with Gasteiger partial charge in [0.15, 0.2) is 0 Å². The molecule has 0 radical (unpaired) electrons. The third kappa shape index (κ3) is 6.73. The fourth-order valence-corrected chi connectivity index (χ4v) is 4.82. The SMILES string of the molecule is O=C(NNC(=O)C1CCC(CNS(=O)(=O)c2ccc([N+](=O)[O-])cc2)CC1)c1ccc(Cl)cc1. The van der Waals surface area contributed by atoms with Crippen molar-refractivity contribution >= 4 is 39.1 Å². The van der Waals surface area contributed by atoms with Crippen LogP contribution in [0.1, 0.15) is 36.0 Å². The summed E-state index contributed by atoms with van der Waals surface area (Å²) in [6.45, 7) is 0.209. The minimum Gasteiger partial charge on any atom is -0.273 e. The molecule has 176 valence electrons. The minimum absolute atomic E-state index is 0.0439. The summed E-state index contributed by atoms with van der Waals surface area (Å²) in [6.07, 6.45) is 2.41. The number of non-ortho nitro benzene ring substituents is 1. The molecule has 2 amide bonds. The van der Waals surface area contributed by atoms with Gasteiger partial charge in [-0.05, 0) is 68.0 Å². The molecule has 3 N–H and O–H groups in total. The predicted molar refractivity (Wildman–Crippen MR) is 121 cm³/mol. The Morgan fingerprint density at radius 1 is 0.970 bits per heavy atom. The molecule has 1 aliphatic carbocycles. The van der Waals surface area contributed by atoms with Gasteiger partial charge in [-0.3, -0.25) is 30.6 Å². The van der Waals surface area contributed by atoms with Crippen molar-refractivity contribution in [1.29, 1.82) is 0 Å². The van der Waals surface area contributed by atoms with Crippen LogP contribution in [0, 0.1) is 22.0 Å². The highest BCUT2D eigenvalue weighted by Crippen LogP contribution is 2.29. The predicted octanol–water partition coefficient (Wildman–Crippen LogP) is 2.79. The number of carbonyl (C=O) groups is 2. The van der Waals surface area contributed by atoms with E-state index in [0.717, 1.165) is 12.1 Å². The molecule has 1 saturated carbocycles. The van der Waals surface area contributed by atoms with Gasteiger partial charge in [-0.2, -0.15) is 0 Å². The van der Waals surface area contributed by atoms with Gasteiger partial charge in [-0.15, -0.1) is 0 Å². The van der Waals surface area contributed by atoms with E-state index in [9.17, 15) is 28.1 Å². The summed E-state index contributed by atoms with van der Waals surface area (Å²) >= 11 is 5.79. The van der Waals surface area contributed by atoms with Crippen LogP contribution in [0.5, 0.6) is 0 Å². The lowest BCUT2D eigenvalue weighted by Gasteiger charge is -2.27. The number of nitrogens with zero attached hydrogens (tertiary/aromatic N) is 1. The van der Waals surface area contributed by atoms with Crippen molar-refractivity contribution in [2.75, 3.05) is 6.54 Å². The second-order valence-corrected chi connectivity index (χ2v) is 9.97. The first-order valence-corrected chi connectivity index (χ1v) is 12.1. The Hall–Kier alpha value is -3.02. The standard InChI is InChI=1S/C21H23ClN4O6S/c22-17-7-5-16(6-8-17)21(28)25-24-20(27)15-3-1-14(2-4-15)13-23-33(31,32)19-11-9-18(10-12-19)26(29)30/h5-12,14-15,23H,1-4,13H2,(H,24,27)(H,25,28). The summed E-state index contributed by atoms with van der Waals surface area (Å²) in [5.74, 6) is -0.958. The van der Waals surface area contributed by atoms with Crippen molar-refractivity contribution in [3.8, 4) is 0 Å². The number of carbonyl (C=O) groups excluding carboxylic acids is 2. The molecular formula is C21H23ClN4O6S. The highest BCUT2D eigenvalue weighted by atomic mass is 35.5. The average Bonchev–Trinajstić information content (AvgIpc) is 2.82. The van der Waals surface area contributed by atoms with Gasteiger partial charge >= 0.3 is 0 Å². The number of hydrogen-bond donors (Lipinski definition) is 3. The second-order valence-electron chi connectivity index (χ2n) is 7.77. The highest BCUT2D eigenvalue weighted by molar-refractivity contribution is 7.89. The van der Waals surface area contributed by atoms with Crippen LogP contribution in [0.15, 0.2) is 53.4 Å². The maximum absolute atomic E-state index is 12.4. The lowest BCUT2D eigenvalue weighted by atomic mass is 9.82. The van der Waals surface area contributed by atoms with Gasteiger partial charge in [-0.25, -0.2) is 13.1 Å². The van der Waals surface area contributed by atoms with E-state index in [1.54, 1.807) is 24.3 Å². The number of sulfonamides is 1. The summed E-state index contributed by atoms with van der Waals surface area (Å²) < 4.78 is 27.4. The fourth-order valence-electron chi connectivity index (χ4n) is 3.58. The molecule has 2 aromatic carbocycles. The second kappa shape index (κ2) is 10.7. The molecule has 1 fully saturated rings. The van der Waals surface area contributed by atoms with Crippen molar-refractivity contribution in [3.05, 3.63) is 69.2 Å². The average molecular weight is 495 g/mol. The molecule has 0 unspecified atom stereocenters. The smallest absolute Gasteiger partial charge is 0.269 e. The normalized spacial score (nSPS) is 18.3. The highest BCUT2D eigenvalue weighted by Gasteiger charge is 2.27. The molecule has 1 aliphatic rings. The molecule has 33 heavy (non-hydrogen) atoms. The third-order valence-corrected chi connectivity index (χ3v) is 7.23. The Bertz CT molecular complexity index is 1110. The van der Waals surface area contributed by atoms with Crippen LogP contribution in [0.4, 0.5) is 5.69 Å². The Labute approximate surface area is 195 Å². The van der Waals surface area contributed by atoms with E-state index in [0.29, 0.717) is 36.3 Å². The van der Waals surface area contributed by atoms with E-state index in [4.69, 9.17) is 11.6 Å². The zero-order valence-corrected chi connectivity index (χ0v) is 19.1. The Balaban J connectivity index is 1.42. The maximum atomic E-state index is 12.4. The molecule has 12 heteroatoms. The van der Waals surface area contributed by atoms with Gasteiger partial charge < -0.3 is 0 Å². The van der Waals surface area contributed by atoms with E-state index in [-0.39, 0.29) is 34.9 Å². The van der Waals surface area contributed by atoms with Crippen molar-refractivity contribution in [2.24, 2.45) is 11.8 Å². The lowest BCUT2D eigenvalue weighted by molar-refractivity contribution is -0.384. The summed E-state index contributed by atoms with van der Waals surface area (Å²) in [4.78, 5) is 34.5. The number of nitro benzene ring substituents is 1. The number of nitro groups is 1. The molecule has 2 aromatic rings. The van der Waals surface area contributed by atoms with Crippen LogP contribution in [0.3, 0.4) is 0 Å². The number of rotatable bonds is 7. The molecule has 0 saturated heterocycles. The quantitative estimate of drug-likeness (QED) is 0.398. The molecule has 0 heterocycles. The van der Waals surface area contributed by atoms with E-state index in [2.05, 4.69) is 15.6 Å². The summed E-state index contributed by atoms with van der Waals surface area (Å²) in [7, 11) is -3.79. The number of benzene rings is 2. The van der Waals surface area contributed by atoms with Gasteiger partial charge in [0.05, 0.1) is 9.82 Å². The van der Waals surface area contributed by atoms with E-state index in [1.165, 1.54) is 12.1 Å². The molecule has 0 spiro atoms. The fraction of sp³-hybridized carbons (Fsp3) is 0.333. The molecular weight excluding hydrogens is 472 g/mol. The van der Waals surface area contributed by atoms with Crippen molar-refractivity contribution in [3.63, 3.8) is 0 Å². The van der Waals surface area contributed by atoms with Crippen molar-refractivity contribution in [1.82, 2.24) is 15.6 Å².